The maximum Gasteiger partial charge on any atom is 0.240 e. The van der Waals surface area contributed by atoms with Crippen LogP contribution in [0.25, 0.3) is 0 Å². The van der Waals surface area contributed by atoms with E-state index in [1.807, 2.05) is 38.1 Å². The van der Waals surface area contributed by atoms with E-state index < -0.39 is 10.0 Å². The van der Waals surface area contributed by atoms with Gasteiger partial charge in [0, 0.05) is 17.6 Å². The van der Waals surface area contributed by atoms with Gasteiger partial charge in [-0.15, -0.1) is 0 Å². The van der Waals surface area contributed by atoms with Crippen molar-refractivity contribution < 1.29 is 13.2 Å². The number of anilines is 1. The molecule has 0 aromatic heterocycles. The highest BCUT2D eigenvalue weighted by Gasteiger charge is 2.22. The summed E-state index contributed by atoms with van der Waals surface area (Å²) in [6, 6.07) is 5.31. The van der Waals surface area contributed by atoms with Gasteiger partial charge in [-0.1, -0.05) is 6.07 Å². The SMILES string of the molecule is Cc1ccc(N(CC(=O)NCCN(C)C)S(C)(=O)=O)c(Br)c1. The van der Waals surface area contributed by atoms with Crippen LogP contribution < -0.4 is 9.62 Å². The zero-order chi connectivity index (χ0) is 16.9. The lowest BCUT2D eigenvalue weighted by atomic mass is 10.2. The van der Waals surface area contributed by atoms with Gasteiger partial charge >= 0.3 is 0 Å². The number of amides is 1. The van der Waals surface area contributed by atoms with Crippen LogP contribution in [0.2, 0.25) is 0 Å². The van der Waals surface area contributed by atoms with Crippen LogP contribution in [0.15, 0.2) is 22.7 Å². The molecular weight excluding hydrogens is 370 g/mol. The molecule has 1 amide bonds. The maximum atomic E-state index is 12.0. The summed E-state index contributed by atoms with van der Waals surface area (Å²) in [5, 5.41) is 2.72. The van der Waals surface area contributed by atoms with Crippen molar-refractivity contribution in [3.63, 3.8) is 0 Å². The molecule has 0 aliphatic rings. The van der Waals surface area contributed by atoms with E-state index in [2.05, 4.69) is 21.2 Å². The number of nitrogens with one attached hydrogen (secondary N) is 1. The Labute approximate surface area is 140 Å². The number of halogens is 1. The Kier molecular flexibility index (Phi) is 6.83. The zero-order valence-corrected chi connectivity index (χ0v) is 15.7. The van der Waals surface area contributed by atoms with E-state index in [1.54, 1.807) is 6.07 Å². The number of hydrogen-bond donors (Lipinski definition) is 1. The Morgan fingerprint density at radius 2 is 1.95 bits per heavy atom. The lowest BCUT2D eigenvalue weighted by molar-refractivity contribution is -0.119. The number of likely N-dealkylation sites (N-methyl/N-ethyl adjacent to an activating group) is 1. The van der Waals surface area contributed by atoms with E-state index >= 15 is 0 Å². The Morgan fingerprint density at radius 1 is 1.32 bits per heavy atom. The summed E-state index contributed by atoms with van der Waals surface area (Å²) in [6.45, 7) is 2.83. The van der Waals surface area contributed by atoms with Crippen molar-refractivity contribution in [2.24, 2.45) is 0 Å². The molecule has 0 saturated heterocycles. The molecule has 8 heteroatoms. The summed E-state index contributed by atoms with van der Waals surface area (Å²) < 4.78 is 25.7. The molecule has 0 heterocycles. The molecule has 22 heavy (non-hydrogen) atoms. The van der Waals surface area contributed by atoms with Crippen LogP contribution in [0.5, 0.6) is 0 Å². The van der Waals surface area contributed by atoms with Gasteiger partial charge in [0.2, 0.25) is 15.9 Å². The fourth-order valence-corrected chi connectivity index (χ4v) is 3.49. The van der Waals surface area contributed by atoms with Gasteiger partial charge in [-0.2, -0.15) is 0 Å². The second-order valence-corrected chi connectivity index (χ2v) is 8.14. The molecule has 0 saturated carbocycles. The molecule has 0 bridgehead atoms. The van der Waals surface area contributed by atoms with Gasteiger partial charge in [0.05, 0.1) is 11.9 Å². The third kappa shape index (κ3) is 5.94. The number of carbonyl (C=O) groups excluding carboxylic acids is 1. The fourth-order valence-electron chi connectivity index (χ4n) is 1.80. The minimum atomic E-state index is -3.56. The predicted octanol–water partition coefficient (Wildman–Crippen LogP) is 1.20. The molecule has 0 atom stereocenters. The number of rotatable bonds is 7. The molecule has 1 N–H and O–H groups in total. The van der Waals surface area contributed by atoms with Crippen molar-refractivity contribution in [3.05, 3.63) is 28.2 Å². The normalized spacial score (nSPS) is 11.5. The number of sulfonamides is 1. The number of nitrogens with zero attached hydrogens (tertiary/aromatic N) is 2. The van der Waals surface area contributed by atoms with Crippen LogP contribution in [-0.4, -0.2) is 59.2 Å². The molecule has 0 aliphatic heterocycles. The molecule has 0 spiro atoms. The quantitative estimate of drug-likeness (QED) is 0.757. The molecular formula is C14H22BrN3O3S. The van der Waals surface area contributed by atoms with Crippen molar-refractivity contribution in [3.8, 4) is 0 Å². The molecule has 0 radical (unpaired) electrons. The highest BCUT2D eigenvalue weighted by Crippen LogP contribution is 2.28. The highest BCUT2D eigenvalue weighted by molar-refractivity contribution is 9.10. The van der Waals surface area contributed by atoms with E-state index in [9.17, 15) is 13.2 Å². The average molecular weight is 392 g/mol. The molecule has 0 fully saturated rings. The third-order valence-corrected chi connectivity index (χ3v) is 4.70. The Balaban J connectivity index is 2.89. The van der Waals surface area contributed by atoms with Crippen molar-refractivity contribution in [1.82, 2.24) is 10.2 Å². The number of benzene rings is 1. The Bertz CT molecular complexity index is 632. The lowest BCUT2D eigenvalue weighted by Crippen LogP contribution is -2.42. The smallest absolute Gasteiger partial charge is 0.240 e. The minimum absolute atomic E-state index is 0.242. The summed E-state index contributed by atoms with van der Waals surface area (Å²) in [7, 11) is 0.245. The maximum absolute atomic E-state index is 12.0. The van der Waals surface area contributed by atoms with Crippen LogP contribution in [-0.2, 0) is 14.8 Å². The lowest BCUT2D eigenvalue weighted by Gasteiger charge is -2.23. The van der Waals surface area contributed by atoms with Crippen LogP contribution in [0, 0.1) is 6.92 Å². The second kappa shape index (κ2) is 7.94. The number of carbonyl (C=O) groups is 1. The van der Waals surface area contributed by atoms with Gasteiger partial charge in [0.15, 0.2) is 0 Å². The van der Waals surface area contributed by atoms with Gasteiger partial charge in [-0.25, -0.2) is 8.42 Å². The molecule has 0 aliphatic carbocycles. The Morgan fingerprint density at radius 3 is 2.45 bits per heavy atom. The predicted molar refractivity (Wildman–Crippen MR) is 92.6 cm³/mol. The summed E-state index contributed by atoms with van der Waals surface area (Å²) in [5.74, 6) is -0.334. The van der Waals surface area contributed by atoms with Crippen molar-refractivity contribution in [1.29, 1.82) is 0 Å². The molecule has 1 rings (SSSR count). The standard InChI is InChI=1S/C14H22BrN3O3S/c1-11-5-6-13(12(15)9-11)18(22(4,20)21)10-14(19)16-7-8-17(2)3/h5-6,9H,7-8,10H2,1-4H3,(H,16,19). The van der Waals surface area contributed by atoms with Gasteiger partial charge in [0.1, 0.15) is 6.54 Å². The van der Waals surface area contributed by atoms with Crippen LogP contribution in [0.3, 0.4) is 0 Å². The van der Waals surface area contributed by atoms with E-state index in [4.69, 9.17) is 0 Å². The number of aryl methyl sites for hydroxylation is 1. The molecule has 1 aromatic rings. The molecule has 124 valence electrons. The molecule has 1 aromatic carbocycles. The van der Waals surface area contributed by atoms with E-state index in [0.29, 0.717) is 23.2 Å². The fraction of sp³-hybridized carbons (Fsp3) is 0.500. The van der Waals surface area contributed by atoms with Crippen LogP contribution in [0.1, 0.15) is 5.56 Å². The largest absolute Gasteiger partial charge is 0.353 e. The highest BCUT2D eigenvalue weighted by atomic mass is 79.9. The van der Waals surface area contributed by atoms with Gasteiger partial charge in [0.25, 0.3) is 0 Å². The monoisotopic (exact) mass is 391 g/mol. The zero-order valence-electron chi connectivity index (χ0n) is 13.3. The van der Waals surface area contributed by atoms with Crippen molar-refractivity contribution in [2.75, 3.05) is 44.3 Å². The topological polar surface area (TPSA) is 69.7 Å². The van der Waals surface area contributed by atoms with Crippen molar-refractivity contribution >= 4 is 37.5 Å². The molecule has 0 unspecified atom stereocenters. The summed E-state index contributed by atoms with van der Waals surface area (Å²) in [5.41, 5.74) is 1.45. The summed E-state index contributed by atoms with van der Waals surface area (Å²) in [4.78, 5) is 13.9. The van der Waals surface area contributed by atoms with Crippen LogP contribution in [0.4, 0.5) is 5.69 Å². The van der Waals surface area contributed by atoms with Crippen molar-refractivity contribution in [2.45, 2.75) is 6.92 Å². The van der Waals surface area contributed by atoms with Gasteiger partial charge < -0.3 is 10.2 Å². The first-order valence-corrected chi connectivity index (χ1v) is 9.40. The number of hydrogen-bond acceptors (Lipinski definition) is 4. The summed E-state index contributed by atoms with van der Waals surface area (Å²) >= 11 is 3.36. The van der Waals surface area contributed by atoms with Gasteiger partial charge in [-0.3, -0.25) is 9.10 Å². The second-order valence-electron chi connectivity index (χ2n) is 5.38. The first kappa shape index (κ1) is 18.9. The molecule has 6 nitrogen and oxygen atoms in total. The third-order valence-electron chi connectivity index (χ3n) is 2.94. The first-order valence-electron chi connectivity index (χ1n) is 6.76. The first-order chi connectivity index (χ1) is 10.1. The minimum Gasteiger partial charge on any atom is -0.353 e. The van der Waals surface area contributed by atoms with Gasteiger partial charge in [-0.05, 0) is 54.6 Å². The van der Waals surface area contributed by atoms with E-state index in [-0.39, 0.29) is 12.5 Å². The summed E-state index contributed by atoms with van der Waals surface area (Å²) in [6.07, 6.45) is 1.09. The Hall–Kier alpha value is -1.12. The average Bonchev–Trinajstić information content (AvgIpc) is 2.35. The van der Waals surface area contributed by atoms with E-state index in [1.165, 1.54) is 0 Å². The van der Waals surface area contributed by atoms with E-state index in [0.717, 1.165) is 16.1 Å². The van der Waals surface area contributed by atoms with Crippen LogP contribution >= 0.6 is 15.9 Å².